The van der Waals surface area contributed by atoms with Crippen LogP contribution in [0.5, 0.6) is 5.75 Å². The lowest BCUT2D eigenvalue weighted by molar-refractivity contribution is 0.261. The Morgan fingerprint density at radius 1 is 1.56 bits per heavy atom. The maximum Gasteiger partial charge on any atom is 0.126 e. The quantitative estimate of drug-likeness (QED) is 0.819. The average Bonchev–Trinajstić information content (AvgIpc) is 2.26. The summed E-state index contributed by atoms with van der Waals surface area (Å²) in [5.41, 5.74) is 6.52. The van der Waals surface area contributed by atoms with E-state index >= 15 is 0 Å². The van der Waals surface area contributed by atoms with E-state index in [0.717, 1.165) is 5.56 Å². The normalized spacial score (nSPS) is 19.7. The second kappa shape index (κ2) is 5.15. The minimum Gasteiger partial charge on any atom is -0.493 e. The molecule has 0 saturated carbocycles. The van der Waals surface area contributed by atoms with Crippen LogP contribution in [-0.4, -0.2) is 12.6 Å². The SMILES string of the molecule is Cl.N#C[C@@H](N)[C@@H]1CCOc2cc(F)ccc21. The molecule has 0 fully saturated rings. The predicted molar refractivity (Wildman–Crippen MR) is 60.1 cm³/mol. The van der Waals surface area contributed by atoms with Crippen molar-refractivity contribution in [2.24, 2.45) is 5.73 Å². The Balaban J connectivity index is 0.00000128. The van der Waals surface area contributed by atoms with Gasteiger partial charge in [-0.2, -0.15) is 5.26 Å². The molecule has 1 aliphatic rings. The molecule has 0 radical (unpaired) electrons. The first-order chi connectivity index (χ1) is 7.22. The first-order valence-electron chi connectivity index (χ1n) is 4.80. The van der Waals surface area contributed by atoms with Crippen molar-refractivity contribution in [3.8, 4) is 11.8 Å². The largest absolute Gasteiger partial charge is 0.493 e. The second-order valence-electron chi connectivity index (χ2n) is 3.58. The van der Waals surface area contributed by atoms with Gasteiger partial charge in [0.2, 0.25) is 0 Å². The summed E-state index contributed by atoms with van der Waals surface area (Å²) < 4.78 is 18.3. The van der Waals surface area contributed by atoms with Gasteiger partial charge in [-0.15, -0.1) is 12.4 Å². The Morgan fingerprint density at radius 3 is 3.00 bits per heavy atom. The van der Waals surface area contributed by atoms with Crippen molar-refractivity contribution in [1.29, 1.82) is 5.26 Å². The molecule has 1 heterocycles. The van der Waals surface area contributed by atoms with E-state index in [1.165, 1.54) is 12.1 Å². The molecule has 0 saturated heterocycles. The van der Waals surface area contributed by atoms with Crippen LogP contribution >= 0.6 is 12.4 Å². The summed E-state index contributed by atoms with van der Waals surface area (Å²) in [5.74, 6) is 0.122. The van der Waals surface area contributed by atoms with E-state index in [-0.39, 0.29) is 24.1 Å². The van der Waals surface area contributed by atoms with Crippen LogP contribution in [0.25, 0.3) is 0 Å². The van der Waals surface area contributed by atoms with Crippen LogP contribution in [0.1, 0.15) is 17.9 Å². The summed E-state index contributed by atoms with van der Waals surface area (Å²) in [6.07, 6.45) is 0.702. The molecular formula is C11H12ClFN2O. The molecule has 1 aromatic carbocycles. The zero-order valence-corrected chi connectivity index (χ0v) is 9.34. The monoisotopic (exact) mass is 242 g/mol. The van der Waals surface area contributed by atoms with Crippen LogP contribution in [0.2, 0.25) is 0 Å². The zero-order valence-electron chi connectivity index (χ0n) is 8.52. The highest BCUT2D eigenvalue weighted by atomic mass is 35.5. The van der Waals surface area contributed by atoms with Crippen molar-refractivity contribution in [1.82, 2.24) is 0 Å². The average molecular weight is 243 g/mol. The highest BCUT2D eigenvalue weighted by Gasteiger charge is 2.26. The number of rotatable bonds is 1. The predicted octanol–water partition coefficient (Wildman–Crippen LogP) is 1.96. The van der Waals surface area contributed by atoms with Crippen LogP contribution in [0.4, 0.5) is 4.39 Å². The lowest BCUT2D eigenvalue weighted by atomic mass is 9.88. The Kier molecular flexibility index (Phi) is 4.11. The molecule has 2 N–H and O–H groups in total. The van der Waals surface area contributed by atoms with Gasteiger partial charge in [-0.1, -0.05) is 6.07 Å². The molecule has 0 unspecified atom stereocenters. The van der Waals surface area contributed by atoms with E-state index in [2.05, 4.69) is 0 Å². The summed E-state index contributed by atoms with van der Waals surface area (Å²) in [6.45, 7) is 0.483. The minimum atomic E-state index is -0.557. The Labute approximate surface area is 99.4 Å². The van der Waals surface area contributed by atoms with Crippen molar-refractivity contribution in [2.45, 2.75) is 18.4 Å². The summed E-state index contributed by atoms with van der Waals surface area (Å²) >= 11 is 0. The fraction of sp³-hybridized carbons (Fsp3) is 0.364. The zero-order chi connectivity index (χ0) is 10.8. The Bertz CT molecular complexity index is 419. The molecule has 16 heavy (non-hydrogen) atoms. The number of ether oxygens (including phenoxy) is 1. The molecule has 0 amide bonds. The smallest absolute Gasteiger partial charge is 0.126 e. The summed E-state index contributed by atoms with van der Waals surface area (Å²) in [6, 6.07) is 5.81. The van der Waals surface area contributed by atoms with E-state index in [1.807, 2.05) is 6.07 Å². The molecule has 0 aliphatic carbocycles. The molecule has 2 atom stereocenters. The van der Waals surface area contributed by atoms with E-state index in [0.29, 0.717) is 18.8 Å². The maximum absolute atomic E-state index is 12.9. The number of benzene rings is 1. The molecular weight excluding hydrogens is 231 g/mol. The van der Waals surface area contributed by atoms with Gasteiger partial charge >= 0.3 is 0 Å². The first kappa shape index (κ1) is 12.8. The highest BCUT2D eigenvalue weighted by molar-refractivity contribution is 5.85. The molecule has 86 valence electrons. The van der Waals surface area contributed by atoms with Gasteiger partial charge in [0.15, 0.2) is 0 Å². The fourth-order valence-corrected chi connectivity index (χ4v) is 1.85. The van der Waals surface area contributed by atoms with Gasteiger partial charge in [-0.3, -0.25) is 0 Å². The number of nitrogens with two attached hydrogens (primary N) is 1. The molecule has 0 bridgehead atoms. The van der Waals surface area contributed by atoms with Crippen molar-refractivity contribution in [2.75, 3.05) is 6.61 Å². The molecule has 3 nitrogen and oxygen atoms in total. The second-order valence-corrected chi connectivity index (χ2v) is 3.58. The van der Waals surface area contributed by atoms with Crippen LogP contribution in [0, 0.1) is 17.1 Å². The lowest BCUT2D eigenvalue weighted by Crippen LogP contribution is -2.30. The maximum atomic E-state index is 12.9. The number of hydrogen-bond donors (Lipinski definition) is 1. The minimum absolute atomic E-state index is 0. The standard InChI is InChI=1S/C11H11FN2O.ClH/c12-7-1-2-9-8(10(14)6-13)3-4-15-11(9)5-7;/h1-2,5,8,10H,3-4,14H2;1H/t8-,10-;/m1./s1. The Morgan fingerprint density at radius 2 is 2.31 bits per heavy atom. The molecule has 1 aliphatic heterocycles. The van der Waals surface area contributed by atoms with Crippen molar-refractivity contribution in [3.05, 3.63) is 29.6 Å². The number of nitriles is 1. The molecule has 1 aromatic rings. The van der Waals surface area contributed by atoms with Gasteiger partial charge in [-0.25, -0.2) is 4.39 Å². The molecule has 0 spiro atoms. The van der Waals surface area contributed by atoms with Gasteiger partial charge in [0.25, 0.3) is 0 Å². The van der Waals surface area contributed by atoms with E-state index < -0.39 is 6.04 Å². The first-order valence-corrected chi connectivity index (χ1v) is 4.80. The van der Waals surface area contributed by atoms with Gasteiger partial charge in [0, 0.05) is 17.5 Å². The summed E-state index contributed by atoms with van der Waals surface area (Å²) in [7, 11) is 0. The summed E-state index contributed by atoms with van der Waals surface area (Å²) in [5, 5.41) is 8.78. The number of halogens is 2. The van der Waals surface area contributed by atoms with E-state index in [1.54, 1.807) is 6.07 Å². The van der Waals surface area contributed by atoms with Crippen molar-refractivity contribution < 1.29 is 9.13 Å². The molecule has 5 heteroatoms. The lowest BCUT2D eigenvalue weighted by Gasteiger charge is -2.27. The van der Waals surface area contributed by atoms with E-state index in [4.69, 9.17) is 15.7 Å². The van der Waals surface area contributed by atoms with Crippen LogP contribution in [-0.2, 0) is 0 Å². The van der Waals surface area contributed by atoms with Crippen molar-refractivity contribution >= 4 is 12.4 Å². The number of hydrogen-bond acceptors (Lipinski definition) is 3. The van der Waals surface area contributed by atoms with Crippen LogP contribution < -0.4 is 10.5 Å². The number of nitrogens with zero attached hydrogens (tertiary/aromatic N) is 1. The highest BCUT2D eigenvalue weighted by Crippen LogP contribution is 2.35. The topological polar surface area (TPSA) is 59.0 Å². The van der Waals surface area contributed by atoms with Gasteiger partial charge in [-0.05, 0) is 12.5 Å². The van der Waals surface area contributed by atoms with Crippen molar-refractivity contribution in [3.63, 3.8) is 0 Å². The van der Waals surface area contributed by atoms with Crippen LogP contribution in [0.3, 0.4) is 0 Å². The third kappa shape index (κ3) is 2.26. The van der Waals surface area contributed by atoms with Gasteiger partial charge in [0.1, 0.15) is 11.6 Å². The van der Waals surface area contributed by atoms with Crippen LogP contribution in [0.15, 0.2) is 18.2 Å². The molecule has 0 aromatic heterocycles. The fourth-order valence-electron chi connectivity index (χ4n) is 1.85. The third-order valence-electron chi connectivity index (χ3n) is 2.64. The van der Waals surface area contributed by atoms with Gasteiger partial charge in [0.05, 0.1) is 18.7 Å². The Hall–Kier alpha value is -1.31. The summed E-state index contributed by atoms with van der Waals surface area (Å²) in [4.78, 5) is 0. The van der Waals surface area contributed by atoms with Gasteiger partial charge < -0.3 is 10.5 Å². The molecule has 2 rings (SSSR count). The van der Waals surface area contributed by atoms with E-state index in [9.17, 15) is 4.39 Å². The third-order valence-corrected chi connectivity index (χ3v) is 2.64. The number of fused-ring (bicyclic) bond motifs is 1.